The van der Waals surface area contributed by atoms with Crippen LogP contribution in [-0.2, 0) is 16.1 Å². The Morgan fingerprint density at radius 2 is 2.27 bits per heavy atom. The van der Waals surface area contributed by atoms with Gasteiger partial charge in [-0.2, -0.15) is 0 Å². The Labute approximate surface area is 126 Å². The minimum absolute atomic E-state index is 0.0250. The lowest BCUT2D eigenvalue weighted by Gasteiger charge is -2.25. The van der Waals surface area contributed by atoms with E-state index >= 15 is 0 Å². The number of nitro benzene ring substituents is 1. The van der Waals surface area contributed by atoms with Gasteiger partial charge in [0.05, 0.1) is 22.6 Å². The fourth-order valence-corrected chi connectivity index (χ4v) is 2.62. The second kappa shape index (κ2) is 6.33. The van der Waals surface area contributed by atoms with Gasteiger partial charge in [0.15, 0.2) is 0 Å². The van der Waals surface area contributed by atoms with Crippen molar-refractivity contribution in [1.29, 1.82) is 0 Å². The molecule has 1 aromatic carbocycles. The van der Waals surface area contributed by atoms with Crippen LogP contribution in [0.4, 0.5) is 5.69 Å². The number of rotatable bonds is 6. The molecule has 0 aromatic heterocycles. The molecule has 1 N–H and O–H groups in total. The van der Waals surface area contributed by atoms with E-state index < -0.39 is 16.9 Å². The van der Waals surface area contributed by atoms with Gasteiger partial charge in [0.1, 0.15) is 0 Å². The van der Waals surface area contributed by atoms with Crippen LogP contribution in [0.5, 0.6) is 0 Å². The molecule has 0 radical (unpaired) electrons. The predicted molar refractivity (Wildman–Crippen MR) is 75.9 cm³/mol. The first-order valence-corrected chi connectivity index (χ1v) is 6.79. The molecular weight excluding hydrogens is 290 g/mol. The third-order valence-corrected chi connectivity index (χ3v) is 3.72. The minimum Gasteiger partial charge on any atom is -0.331 e. The Balaban J connectivity index is 2.26. The molecule has 0 fully saturated rings. The van der Waals surface area contributed by atoms with Crippen molar-refractivity contribution < 1.29 is 19.3 Å². The standard InChI is InChI=1S/C14H15N3O5/c1-2-9(6-13(19)15-8-18)16-7-11-10(14(16)20)4-3-5-12(11)17(21)22/h3-5,8-9H,2,6-7H2,1H3,(H,15,18,19). The van der Waals surface area contributed by atoms with Crippen LogP contribution in [-0.4, -0.2) is 34.1 Å². The molecule has 8 heteroatoms. The molecule has 3 amide bonds. The van der Waals surface area contributed by atoms with Crippen molar-refractivity contribution in [2.45, 2.75) is 32.4 Å². The zero-order chi connectivity index (χ0) is 16.3. The van der Waals surface area contributed by atoms with Crippen LogP contribution >= 0.6 is 0 Å². The van der Waals surface area contributed by atoms with Crippen LogP contribution in [0.1, 0.15) is 35.7 Å². The second-order valence-corrected chi connectivity index (χ2v) is 4.94. The fraction of sp³-hybridized carbons (Fsp3) is 0.357. The SMILES string of the molecule is CCC(CC(=O)NC=O)N1Cc2c(cccc2[N+](=O)[O-])C1=O. The van der Waals surface area contributed by atoms with Crippen molar-refractivity contribution in [3.63, 3.8) is 0 Å². The third kappa shape index (κ3) is 2.80. The number of carbonyl (C=O) groups excluding carboxylic acids is 3. The average molecular weight is 305 g/mol. The van der Waals surface area contributed by atoms with E-state index in [-0.39, 0.29) is 24.6 Å². The average Bonchev–Trinajstić information content (AvgIpc) is 2.82. The Morgan fingerprint density at radius 1 is 1.55 bits per heavy atom. The van der Waals surface area contributed by atoms with Crippen molar-refractivity contribution in [3.05, 3.63) is 39.4 Å². The number of imide groups is 1. The van der Waals surface area contributed by atoms with E-state index in [4.69, 9.17) is 0 Å². The zero-order valence-electron chi connectivity index (χ0n) is 11.9. The molecule has 8 nitrogen and oxygen atoms in total. The van der Waals surface area contributed by atoms with Gasteiger partial charge in [-0.05, 0) is 12.5 Å². The van der Waals surface area contributed by atoms with Gasteiger partial charge in [0.25, 0.3) is 11.6 Å². The summed E-state index contributed by atoms with van der Waals surface area (Å²) < 4.78 is 0. The van der Waals surface area contributed by atoms with Crippen molar-refractivity contribution >= 4 is 23.9 Å². The first-order chi connectivity index (χ1) is 10.5. The Hall–Kier alpha value is -2.77. The van der Waals surface area contributed by atoms with E-state index in [9.17, 15) is 24.5 Å². The van der Waals surface area contributed by atoms with Gasteiger partial charge in [-0.3, -0.25) is 29.8 Å². The number of fused-ring (bicyclic) bond motifs is 1. The summed E-state index contributed by atoms with van der Waals surface area (Å²) in [4.78, 5) is 46.2. The summed E-state index contributed by atoms with van der Waals surface area (Å²) in [5.41, 5.74) is 0.565. The molecule has 2 rings (SSSR count). The van der Waals surface area contributed by atoms with Gasteiger partial charge in [-0.15, -0.1) is 0 Å². The lowest BCUT2D eigenvalue weighted by molar-refractivity contribution is -0.385. The molecule has 0 spiro atoms. The Bertz CT molecular complexity index is 643. The van der Waals surface area contributed by atoms with Crippen LogP contribution in [0.3, 0.4) is 0 Å². The number of nitro groups is 1. The summed E-state index contributed by atoms with van der Waals surface area (Å²) in [6.07, 6.45) is 0.767. The van der Waals surface area contributed by atoms with Gasteiger partial charge in [0, 0.05) is 18.5 Å². The summed E-state index contributed by atoms with van der Waals surface area (Å²) in [5, 5.41) is 13.1. The number of carbonyl (C=O) groups is 3. The molecule has 0 aliphatic carbocycles. The van der Waals surface area contributed by atoms with Crippen LogP contribution in [0, 0.1) is 10.1 Å². The van der Waals surface area contributed by atoms with Crippen molar-refractivity contribution in [2.24, 2.45) is 0 Å². The predicted octanol–water partition coefficient (Wildman–Crippen LogP) is 0.992. The van der Waals surface area contributed by atoms with Gasteiger partial charge in [0.2, 0.25) is 12.3 Å². The topological polar surface area (TPSA) is 110 Å². The number of amides is 3. The zero-order valence-corrected chi connectivity index (χ0v) is 11.9. The van der Waals surface area contributed by atoms with Crippen LogP contribution < -0.4 is 5.32 Å². The molecule has 1 heterocycles. The van der Waals surface area contributed by atoms with E-state index in [0.29, 0.717) is 24.0 Å². The highest BCUT2D eigenvalue weighted by Crippen LogP contribution is 2.32. The first-order valence-electron chi connectivity index (χ1n) is 6.79. The molecular formula is C14H15N3O5. The van der Waals surface area contributed by atoms with Crippen molar-refractivity contribution in [2.75, 3.05) is 0 Å². The summed E-state index contributed by atoms with van der Waals surface area (Å²) in [6.45, 7) is 1.90. The summed E-state index contributed by atoms with van der Waals surface area (Å²) >= 11 is 0. The monoisotopic (exact) mass is 305 g/mol. The molecule has 1 atom stereocenters. The van der Waals surface area contributed by atoms with E-state index in [0.717, 1.165) is 0 Å². The van der Waals surface area contributed by atoms with Crippen LogP contribution in [0.25, 0.3) is 0 Å². The highest BCUT2D eigenvalue weighted by atomic mass is 16.6. The number of benzene rings is 1. The maximum Gasteiger partial charge on any atom is 0.275 e. The maximum atomic E-state index is 12.4. The molecule has 0 saturated heterocycles. The lowest BCUT2D eigenvalue weighted by Crippen LogP contribution is -2.39. The van der Waals surface area contributed by atoms with E-state index in [2.05, 4.69) is 0 Å². The Morgan fingerprint density at radius 3 is 2.86 bits per heavy atom. The summed E-state index contributed by atoms with van der Waals surface area (Å²) in [6, 6.07) is 3.95. The fourth-order valence-electron chi connectivity index (χ4n) is 2.62. The maximum absolute atomic E-state index is 12.4. The first kappa shape index (κ1) is 15.6. The largest absolute Gasteiger partial charge is 0.331 e. The lowest BCUT2D eigenvalue weighted by atomic mass is 10.1. The molecule has 1 aliphatic heterocycles. The number of hydrogen-bond donors (Lipinski definition) is 1. The summed E-state index contributed by atoms with van der Waals surface area (Å²) in [5.74, 6) is -0.815. The van der Waals surface area contributed by atoms with Crippen molar-refractivity contribution in [3.8, 4) is 0 Å². The smallest absolute Gasteiger partial charge is 0.275 e. The molecule has 1 aliphatic rings. The second-order valence-electron chi connectivity index (χ2n) is 4.94. The van der Waals surface area contributed by atoms with E-state index in [1.54, 1.807) is 6.07 Å². The van der Waals surface area contributed by atoms with Crippen LogP contribution in [0.15, 0.2) is 18.2 Å². The minimum atomic E-state index is -0.518. The molecule has 0 saturated carbocycles. The highest BCUT2D eigenvalue weighted by molar-refractivity contribution is 6.00. The quantitative estimate of drug-likeness (QED) is 0.479. The normalized spacial score (nSPS) is 14.4. The molecule has 0 bridgehead atoms. The van der Waals surface area contributed by atoms with Gasteiger partial charge in [-0.1, -0.05) is 13.0 Å². The van der Waals surface area contributed by atoms with Gasteiger partial charge < -0.3 is 4.90 Å². The summed E-state index contributed by atoms with van der Waals surface area (Å²) in [7, 11) is 0. The molecule has 1 unspecified atom stereocenters. The molecule has 22 heavy (non-hydrogen) atoms. The van der Waals surface area contributed by atoms with Crippen molar-refractivity contribution in [1.82, 2.24) is 10.2 Å². The number of nitrogens with one attached hydrogen (secondary N) is 1. The van der Waals surface area contributed by atoms with Gasteiger partial charge in [-0.25, -0.2) is 0 Å². The van der Waals surface area contributed by atoms with E-state index in [1.165, 1.54) is 17.0 Å². The van der Waals surface area contributed by atoms with Crippen LogP contribution in [0.2, 0.25) is 0 Å². The third-order valence-electron chi connectivity index (χ3n) is 3.72. The Kier molecular flexibility index (Phi) is 4.50. The van der Waals surface area contributed by atoms with Gasteiger partial charge >= 0.3 is 0 Å². The molecule has 116 valence electrons. The molecule has 1 aromatic rings. The number of hydrogen-bond acceptors (Lipinski definition) is 5. The number of nitrogens with zero attached hydrogens (tertiary/aromatic N) is 2. The van der Waals surface area contributed by atoms with E-state index in [1.807, 2.05) is 12.2 Å². The highest BCUT2D eigenvalue weighted by Gasteiger charge is 2.36.